The minimum atomic E-state index is -0.837. The average Bonchev–Trinajstić information content (AvgIpc) is 2.85. The van der Waals surface area contributed by atoms with Crippen LogP contribution in [0, 0.1) is 11.6 Å². The molecule has 19 heavy (non-hydrogen) atoms. The number of hydrazine groups is 1. The maximum Gasteiger partial charge on any atom is 0.268 e. The van der Waals surface area contributed by atoms with Crippen LogP contribution in [-0.4, -0.2) is 5.91 Å². The van der Waals surface area contributed by atoms with Gasteiger partial charge in [-0.2, -0.15) is 0 Å². The van der Waals surface area contributed by atoms with Gasteiger partial charge in [-0.15, -0.1) is 0 Å². The molecule has 1 aromatic carbocycles. The number of nitrogens with two attached hydrogens (primary N) is 1. The van der Waals surface area contributed by atoms with Gasteiger partial charge in [0.05, 0.1) is 11.8 Å². The van der Waals surface area contributed by atoms with Crippen LogP contribution in [0.25, 0.3) is 0 Å². The third-order valence-electron chi connectivity index (χ3n) is 2.39. The number of halogens is 2. The van der Waals surface area contributed by atoms with Crippen LogP contribution in [0.4, 0.5) is 8.78 Å². The van der Waals surface area contributed by atoms with Crippen molar-refractivity contribution in [2.24, 2.45) is 5.84 Å². The lowest BCUT2D eigenvalue weighted by Gasteiger charge is -2.07. The van der Waals surface area contributed by atoms with Crippen molar-refractivity contribution in [1.29, 1.82) is 0 Å². The summed E-state index contributed by atoms with van der Waals surface area (Å²) in [6, 6.07) is 4.72. The second-order valence-electron chi connectivity index (χ2n) is 3.57. The number of benzene rings is 1. The average molecular weight is 268 g/mol. The first kappa shape index (κ1) is 13.0. The quantitative estimate of drug-likeness (QED) is 0.503. The van der Waals surface area contributed by atoms with E-state index in [9.17, 15) is 13.6 Å². The number of furan rings is 1. The lowest BCUT2D eigenvalue weighted by Crippen LogP contribution is -2.30. The van der Waals surface area contributed by atoms with Gasteiger partial charge >= 0.3 is 0 Å². The predicted molar refractivity (Wildman–Crippen MR) is 61.1 cm³/mol. The fraction of sp³-hybridized carbons (Fsp3) is 0.0833. The summed E-state index contributed by atoms with van der Waals surface area (Å²) in [5.74, 6) is 2.32. The van der Waals surface area contributed by atoms with E-state index in [0.29, 0.717) is 0 Å². The van der Waals surface area contributed by atoms with Gasteiger partial charge in [0.25, 0.3) is 5.91 Å². The molecular weight excluding hydrogens is 258 g/mol. The van der Waals surface area contributed by atoms with Crippen molar-refractivity contribution >= 4 is 5.91 Å². The number of nitrogens with one attached hydrogen (secondary N) is 1. The van der Waals surface area contributed by atoms with Crippen molar-refractivity contribution in [1.82, 2.24) is 5.43 Å². The highest BCUT2D eigenvalue weighted by Gasteiger charge is 2.16. The third-order valence-corrected chi connectivity index (χ3v) is 2.39. The lowest BCUT2D eigenvalue weighted by molar-refractivity contribution is 0.0949. The summed E-state index contributed by atoms with van der Waals surface area (Å²) in [5.41, 5.74) is 2.06. The fourth-order valence-corrected chi connectivity index (χ4v) is 1.49. The second-order valence-corrected chi connectivity index (χ2v) is 3.57. The molecule has 0 aliphatic heterocycles. The maximum absolute atomic E-state index is 13.3. The predicted octanol–water partition coefficient (Wildman–Crippen LogP) is 1.74. The van der Waals surface area contributed by atoms with Crippen LogP contribution in [-0.2, 0) is 6.61 Å². The summed E-state index contributed by atoms with van der Waals surface area (Å²) in [6.07, 6.45) is 1.25. The zero-order valence-corrected chi connectivity index (χ0v) is 9.65. The molecule has 0 aliphatic carbocycles. The fourth-order valence-electron chi connectivity index (χ4n) is 1.49. The van der Waals surface area contributed by atoms with E-state index in [1.807, 2.05) is 5.43 Å². The van der Waals surface area contributed by atoms with E-state index >= 15 is 0 Å². The van der Waals surface area contributed by atoms with Gasteiger partial charge < -0.3 is 9.15 Å². The van der Waals surface area contributed by atoms with Gasteiger partial charge in [-0.25, -0.2) is 14.6 Å². The molecule has 0 spiro atoms. The molecule has 0 saturated carbocycles. The van der Waals surface area contributed by atoms with Gasteiger partial charge in [0.15, 0.2) is 23.1 Å². The molecule has 100 valence electrons. The Morgan fingerprint density at radius 3 is 2.63 bits per heavy atom. The van der Waals surface area contributed by atoms with E-state index in [4.69, 9.17) is 15.0 Å². The monoisotopic (exact) mass is 268 g/mol. The first-order chi connectivity index (χ1) is 9.13. The highest BCUT2D eigenvalue weighted by Crippen LogP contribution is 2.22. The van der Waals surface area contributed by atoms with E-state index in [0.717, 1.165) is 12.1 Å². The Labute approximate surface area is 106 Å². The molecule has 2 rings (SSSR count). The summed E-state index contributed by atoms with van der Waals surface area (Å²) in [4.78, 5) is 11.3. The van der Waals surface area contributed by atoms with Crippen LogP contribution in [0.15, 0.2) is 34.9 Å². The summed E-state index contributed by atoms with van der Waals surface area (Å²) >= 11 is 0. The Kier molecular flexibility index (Phi) is 3.76. The number of carbonyl (C=O) groups is 1. The number of rotatable bonds is 4. The molecule has 0 aliphatic rings. The summed E-state index contributed by atoms with van der Waals surface area (Å²) in [6.45, 7) is -0.298. The molecule has 3 N–H and O–H groups in total. The van der Waals surface area contributed by atoms with E-state index in [-0.39, 0.29) is 17.9 Å². The number of hydrogen-bond acceptors (Lipinski definition) is 4. The van der Waals surface area contributed by atoms with Crippen LogP contribution in [0.3, 0.4) is 0 Å². The first-order valence-corrected chi connectivity index (χ1v) is 5.27. The Morgan fingerprint density at radius 1 is 1.32 bits per heavy atom. The molecule has 2 aromatic rings. The van der Waals surface area contributed by atoms with Gasteiger partial charge in [0.1, 0.15) is 6.61 Å². The minimum absolute atomic E-state index is 0.116. The molecule has 0 saturated heterocycles. The van der Waals surface area contributed by atoms with E-state index < -0.39 is 23.3 Å². The van der Waals surface area contributed by atoms with Crippen molar-refractivity contribution in [2.45, 2.75) is 6.61 Å². The van der Waals surface area contributed by atoms with Gasteiger partial charge in [0.2, 0.25) is 0 Å². The molecule has 0 bridgehead atoms. The van der Waals surface area contributed by atoms with E-state index in [2.05, 4.69) is 0 Å². The molecule has 0 fully saturated rings. The van der Waals surface area contributed by atoms with E-state index in [1.54, 1.807) is 0 Å². The normalized spacial score (nSPS) is 10.3. The summed E-state index contributed by atoms with van der Waals surface area (Å²) in [7, 11) is 0. The standard InChI is InChI=1S/C12H10F2N2O3/c13-8-2-1-3-9(14)11(8)19-6-10-7(4-5-18-10)12(17)16-15/h1-5H,6,15H2,(H,16,17). The van der Waals surface area contributed by atoms with Crippen molar-refractivity contribution in [3.8, 4) is 5.75 Å². The number of hydrogen-bond donors (Lipinski definition) is 2. The van der Waals surface area contributed by atoms with Crippen molar-refractivity contribution in [3.63, 3.8) is 0 Å². The van der Waals surface area contributed by atoms with Crippen molar-refractivity contribution in [3.05, 3.63) is 53.5 Å². The summed E-state index contributed by atoms with van der Waals surface area (Å²) < 4.78 is 36.6. The molecule has 1 aromatic heterocycles. The minimum Gasteiger partial charge on any atom is -0.479 e. The Bertz CT molecular complexity index is 578. The van der Waals surface area contributed by atoms with Crippen molar-refractivity contribution < 1.29 is 22.7 Å². The van der Waals surface area contributed by atoms with E-state index in [1.165, 1.54) is 18.4 Å². The largest absolute Gasteiger partial charge is 0.479 e. The molecule has 7 heteroatoms. The van der Waals surface area contributed by atoms with Gasteiger partial charge in [-0.05, 0) is 18.2 Å². The first-order valence-electron chi connectivity index (χ1n) is 5.27. The number of amides is 1. The van der Waals surface area contributed by atoms with Crippen LogP contribution < -0.4 is 16.0 Å². The smallest absolute Gasteiger partial charge is 0.268 e. The molecular formula is C12H10F2N2O3. The Morgan fingerprint density at radius 2 is 2.00 bits per heavy atom. The summed E-state index contributed by atoms with van der Waals surface area (Å²) in [5, 5.41) is 0. The van der Waals surface area contributed by atoms with Crippen LogP contribution in [0.2, 0.25) is 0 Å². The Balaban J connectivity index is 2.15. The zero-order chi connectivity index (χ0) is 13.8. The highest BCUT2D eigenvalue weighted by atomic mass is 19.1. The molecule has 0 radical (unpaired) electrons. The van der Waals surface area contributed by atoms with Gasteiger partial charge in [0, 0.05) is 0 Å². The van der Waals surface area contributed by atoms with Crippen LogP contribution >= 0.6 is 0 Å². The number of nitrogen functional groups attached to an aromatic ring is 1. The molecule has 1 heterocycles. The zero-order valence-electron chi connectivity index (χ0n) is 9.65. The number of para-hydroxylation sites is 1. The number of carbonyl (C=O) groups excluding carboxylic acids is 1. The lowest BCUT2D eigenvalue weighted by atomic mass is 10.2. The molecule has 5 nitrogen and oxygen atoms in total. The molecule has 0 unspecified atom stereocenters. The Hall–Kier alpha value is -2.41. The van der Waals surface area contributed by atoms with Gasteiger partial charge in [-0.1, -0.05) is 6.07 Å². The highest BCUT2D eigenvalue weighted by molar-refractivity contribution is 5.94. The molecule has 0 atom stereocenters. The van der Waals surface area contributed by atoms with Gasteiger partial charge in [-0.3, -0.25) is 10.2 Å². The van der Waals surface area contributed by atoms with Crippen LogP contribution in [0.5, 0.6) is 5.75 Å². The number of ether oxygens (including phenoxy) is 1. The third kappa shape index (κ3) is 2.71. The SMILES string of the molecule is NNC(=O)c1ccoc1COc1c(F)cccc1F. The topological polar surface area (TPSA) is 77.5 Å². The van der Waals surface area contributed by atoms with Crippen molar-refractivity contribution in [2.75, 3.05) is 0 Å². The molecule has 1 amide bonds. The van der Waals surface area contributed by atoms with Crippen LogP contribution in [0.1, 0.15) is 16.1 Å². The second kappa shape index (κ2) is 5.49. The maximum atomic E-state index is 13.3.